The van der Waals surface area contributed by atoms with Gasteiger partial charge in [0.2, 0.25) is 5.91 Å². The van der Waals surface area contributed by atoms with Gasteiger partial charge in [-0.25, -0.2) is 0 Å². The Morgan fingerprint density at radius 1 is 1.50 bits per heavy atom. The van der Waals surface area contributed by atoms with E-state index in [2.05, 4.69) is 21.2 Å². The van der Waals surface area contributed by atoms with Crippen molar-refractivity contribution in [3.63, 3.8) is 0 Å². The SMILES string of the molecule is CN(Cc1ccccc1Br)C(=O)[C@@]1(C)CCNC1. The molecule has 1 amide bonds. The number of nitrogens with zero attached hydrogens (tertiary/aromatic N) is 1. The minimum absolute atomic E-state index is 0.225. The molecule has 3 nitrogen and oxygen atoms in total. The lowest BCUT2D eigenvalue weighted by Crippen LogP contribution is -2.41. The Morgan fingerprint density at radius 3 is 2.83 bits per heavy atom. The van der Waals surface area contributed by atoms with Crippen LogP contribution in [0.25, 0.3) is 0 Å². The Morgan fingerprint density at radius 2 is 2.22 bits per heavy atom. The maximum absolute atomic E-state index is 12.5. The van der Waals surface area contributed by atoms with E-state index >= 15 is 0 Å². The molecule has 1 aliphatic heterocycles. The summed E-state index contributed by atoms with van der Waals surface area (Å²) >= 11 is 3.52. The zero-order chi connectivity index (χ0) is 13.2. The van der Waals surface area contributed by atoms with E-state index < -0.39 is 0 Å². The molecule has 1 saturated heterocycles. The molecule has 0 aliphatic carbocycles. The highest BCUT2D eigenvalue weighted by Crippen LogP contribution is 2.28. The standard InChI is InChI=1S/C14H19BrN2O/c1-14(7-8-16-10-14)13(18)17(2)9-11-5-3-4-6-12(11)15/h3-6,16H,7-10H2,1-2H3/t14-/m0/s1. The second-order valence-electron chi connectivity index (χ2n) is 5.24. The van der Waals surface area contributed by atoms with Gasteiger partial charge in [0.1, 0.15) is 0 Å². The van der Waals surface area contributed by atoms with Crippen molar-refractivity contribution in [2.24, 2.45) is 5.41 Å². The van der Waals surface area contributed by atoms with Gasteiger partial charge in [0.05, 0.1) is 5.41 Å². The fraction of sp³-hybridized carbons (Fsp3) is 0.500. The summed E-state index contributed by atoms with van der Waals surface area (Å²) in [5.74, 6) is 0.225. The molecule has 0 unspecified atom stereocenters. The van der Waals surface area contributed by atoms with Crippen LogP contribution in [0.3, 0.4) is 0 Å². The van der Waals surface area contributed by atoms with Crippen LogP contribution >= 0.6 is 15.9 Å². The molecule has 0 saturated carbocycles. The van der Waals surface area contributed by atoms with Gasteiger partial charge in [-0.3, -0.25) is 4.79 Å². The molecule has 4 heteroatoms. The molecule has 1 N–H and O–H groups in total. The number of amides is 1. The predicted octanol–water partition coefficient (Wildman–Crippen LogP) is 2.41. The molecule has 1 fully saturated rings. The summed E-state index contributed by atoms with van der Waals surface area (Å²) in [6.07, 6.45) is 0.923. The lowest BCUT2D eigenvalue weighted by atomic mass is 9.88. The van der Waals surface area contributed by atoms with E-state index in [1.165, 1.54) is 0 Å². The fourth-order valence-electron chi connectivity index (χ4n) is 2.41. The molecule has 0 radical (unpaired) electrons. The predicted molar refractivity (Wildman–Crippen MR) is 76.2 cm³/mol. The van der Waals surface area contributed by atoms with Crippen LogP contribution in [-0.2, 0) is 11.3 Å². The van der Waals surface area contributed by atoms with Crippen LogP contribution in [0.5, 0.6) is 0 Å². The summed E-state index contributed by atoms with van der Waals surface area (Å²) in [4.78, 5) is 14.3. The van der Waals surface area contributed by atoms with Crippen molar-refractivity contribution in [1.82, 2.24) is 10.2 Å². The summed E-state index contributed by atoms with van der Waals surface area (Å²) < 4.78 is 1.05. The maximum atomic E-state index is 12.5. The lowest BCUT2D eigenvalue weighted by molar-refractivity contribution is -0.139. The number of nitrogens with one attached hydrogen (secondary N) is 1. The topological polar surface area (TPSA) is 32.3 Å². The molecule has 0 aromatic heterocycles. The van der Waals surface area contributed by atoms with Crippen molar-refractivity contribution in [3.05, 3.63) is 34.3 Å². The van der Waals surface area contributed by atoms with Gasteiger partial charge in [-0.2, -0.15) is 0 Å². The summed E-state index contributed by atoms with van der Waals surface area (Å²) in [6.45, 7) is 4.42. The molecule has 18 heavy (non-hydrogen) atoms. The first-order valence-electron chi connectivity index (χ1n) is 6.23. The number of hydrogen-bond donors (Lipinski definition) is 1. The third-order valence-corrected chi connectivity index (χ3v) is 4.37. The van der Waals surface area contributed by atoms with Crippen molar-refractivity contribution in [3.8, 4) is 0 Å². The number of hydrogen-bond acceptors (Lipinski definition) is 2. The molecule has 1 atom stereocenters. The lowest BCUT2D eigenvalue weighted by Gasteiger charge is -2.28. The van der Waals surface area contributed by atoms with Gasteiger partial charge in [-0.15, -0.1) is 0 Å². The van der Waals surface area contributed by atoms with Crippen molar-refractivity contribution < 1.29 is 4.79 Å². The first-order valence-corrected chi connectivity index (χ1v) is 7.02. The van der Waals surface area contributed by atoms with E-state index in [1.807, 2.05) is 43.1 Å². The van der Waals surface area contributed by atoms with Crippen LogP contribution in [0.4, 0.5) is 0 Å². The van der Waals surface area contributed by atoms with E-state index in [-0.39, 0.29) is 11.3 Å². The summed E-state index contributed by atoms with van der Waals surface area (Å²) in [7, 11) is 1.88. The zero-order valence-corrected chi connectivity index (χ0v) is 12.5. The van der Waals surface area contributed by atoms with E-state index in [0.717, 1.165) is 29.5 Å². The molecule has 1 heterocycles. The fourth-order valence-corrected chi connectivity index (χ4v) is 2.82. The normalized spacial score (nSPS) is 23.1. The molecule has 1 aromatic rings. The van der Waals surface area contributed by atoms with E-state index in [4.69, 9.17) is 0 Å². The van der Waals surface area contributed by atoms with Gasteiger partial charge in [0.15, 0.2) is 0 Å². The second-order valence-corrected chi connectivity index (χ2v) is 6.09. The molecule has 0 spiro atoms. The summed E-state index contributed by atoms with van der Waals surface area (Å²) in [5, 5.41) is 3.27. The average molecular weight is 311 g/mol. The number of rotatable bonds is 3. The molecule has 1 aromatic carbocycles. The highest BCUT2D eigenvalue weighted by Gasteiger charge is 2.38. The summed E-state index contributed by atoms with van der Waals surface area (Å²) in [6, 6.07) is 8.03. The van der Waals surface area contributed by atoms with Crippen molar-refractivity contribution >= 4 is 21.8 Å². The van der Waals surface area contributed by atoms with Gasteiger partial charge in [-0.1, -0.05) is 34.1 Å². The first kappa shape index (κ1) is 13.6. The van der Waals surface area contributed by atoms with Crippen LogP contribution in [-0.4, -0.2) is 30.9 Å². The average Bonchev–Trinajstić information content (AvgIpc) is 2.79. The van der Waals surface area contributed by atoms with Gasteiger partial charge in [-0.05, 0) is 31.5 Å². The number of carbonyl (C=O) groups excluding carboxylic acids is 1. The van der Waals surface area contributed by atoms with Crippen molar-refractivity contribution in [1.29, 1.82) is 0 Å². The summed E-state index contributed by atoms with van der Waals surface area (Å²) in [5.41, 5.74) is 0.902. The van der Waals surface area contributed by atoms with Gasteiger partial charge >= 0.3 is 0 Å². The molecule has 2 rings (SSSR count). The first-order chi connectivity index (χ1) is 8.53. The van der Waals surface area contributed by atoms with E-state index in [1.54, 1.807) is 0 Å². The molecule has 0 bridgehead atoms. The van der Waals surface area contributed by atoms with Crippen LogP contribution in [0.2, 0.25) is 0 Å². The smallest absolute Gasteiger partial charge is 0.229 e. The third kappa shape index (κ3) is 2.75. The Bertz CT molecular complexity index is 441. The second kappa shape index (κ2) is 5.41. The van der Waals surface area contributed by atoms with E-state index in [9.17, 15) is 4.79 Å². The number of halogens is 1. The maximum Gasteiger partial charge on any atom is 0.229 e. The Balaban J connectivity index is 2.06. The monoisotopic (exact) mass is 310 g/mol. The molecule has 1 aliphatic rings. The highest BCUT2D eigenvalue weighted by atomic mass is 79.9. The largest absolute Gasteiger partial charge is 0.341 e. The Hall–Kier alpha value is -0.870. The van der Waals surface area contributed by atoms with Crippen molar-refractivity contribution in [2.45, 2.75) is 19.9 Å². The van der Waals surface area contributed by atoms with Crippen LogP contribution in [0.15, 0.2) is 28.7 Å². The highest BCUT2D eigenvalue weighted by molar-refractivity contribution is 9.10. The van der Waals surface area contributed by atoms with Gasteiger partial charge in [0.25, 0.3) is 0 Å². The zero-order valence-electron chi connectivity index (χ0n) is 10.9. The Labute approximate surface area is 117 Å². The Kier molecular flexibility index (Phi) is 4.07. The van der Waals surface area contributed by atoms with Crippen LogP contribution in [0.1, 0.15) is 18.9 Å². The third-order valence-electron chi connectivity index (χ3n) is 3.60. The minimum Gasteiger partial charge on any atom is -0.341 e. The number of carbonyl (C=O) groups is 1. The molecular weight excluding hydrogens is 292 g/mol. The van der Waals surface area contributed by atoms with Crippen molar-refractivity contribution in [2.75, 3.05) is 20.1 Å². The van der Waals surface area contributed by atoms with Gasteiger partial charge < -0.3 is 10.2 Å². The minimum atomic E-state index is -0.240. The van der Waals surface area contributed by atoms with Gasteiger partial charge in [0, 0.05) is 24.6 Å². The molecule has 98 valence electrons. The molecular formula is C14H19BrN2O. The van der Waals surface area contributed by atoms with Crippen LogP contribution < -0.4 is 5.32 Å². The van der Waals surface area contributed by atoms with Crippen LogP contribution in [0, 0.1) is 5.41 Å². The number of benzene rings is 1. The quantitative estimate of drug-likeness (QED) is 0.930. The van der Waals surface area contributed by atoms with E-state index in [0.29, 0.717) is 6.54 Å².